The van der Waals surface area contributed by atoms with Crippen LogP contribution in [-0.4, -0.2) is 74.2 Å². The normalized spacial score (nSPS) is 19.4. The lowest BCUT2D eigenvalue weighted by Crippen LogP contribution is -2.42. The Morgan fingerprint density at radius 3 is 2.59 bits per heavy atom. The molecule has 1 saturated carbocycles. The monoisotopic (exact) mass is 530 g/mol. The van der Waals surface area contributed by atoms with E-state index in [1.165, 1.54) is 11.6 Å². The SMILES string of the molecule is COc1cccc2[nH]c(=O)cc(C(=O)N[C@@H]3CCN(c4c(C(=O)N5CCOCC5)cc(C)cc4C4CC4)C3)c12. The van der Waals surface area contributed by atoms with E-state index in [1.54, 1.807) is 25.3 Å². The van der Waals surface area contributed by atoms with E-state index in [9.17, 15) is 14.4 Å². The fraction of sp³-hybridized carbons (Fsp3) is 0.433. The third-order valence-electron chi connectivity index (χ3n) is 7.96. The van der Waals surface area contributed by atoms with Gasteiger partial charge in [0.25, 0.3) is 11.8 Å². The molecule has 0 spiro atoms. The maximum absolute atomic E-state index is 13.7. The highest BCUT2D eigenvalue weighted by atomic mass is 16.5. The molecule has 9 heteroatoms. The maximum Gasteiger partial charge on any atom is 0.256 e. The van der Waals surface area contributed by atoms with Crippen LogP contribution < -0.4 is 20.5 Å². The minimum atomic E-state index is -0.339. The molecule has 6 rings (SSSR count). The summed E-state index contributed by atoms with van der Waals surface area (Å²) in [5.74, 6) is 0.744. The number of morpholine rings is 1. The summed E-state index contributed by atoms with van der Waals surface area (Å²) in [7, 11) is 1.55. The number of H-pyrrole nitrogens is 1. The molecule has 2 amide bonds. The van der Waals surface area contributed by atoms with Gasteiger partial charge in [-0.15, -0.1) is 0 Å². The summed E-state index contributed by atoms with van der Waals surface area (Å²) < 4.78 is 11.0. The zero-order chi connectivity index (χ0) is 27.1. The van der Waals surface area contributed by atoms with E-state index in [1.807, 2.05) is 11.0 Å². The first kappa shape index (κ1) is 25.4. The first-order valence-electron chi connectivity index (χ1n) is 13.7. The molecule has 1 atom stereocenters. The predicted octanol–water partition coefficient (Wildman–Crippen LogP) is 3.20. The lowest BCUT2D eigenvalue weighted by molar-refractivity contribution is 0.0303. The van der Waals surface area contributed by atoms with E-state index in [4.69, 9.17) is 9.47 Å². The molecular weight excluding hydrogens is 496 g/mol. The second kappa shape index (κ2) is 10.4. The summed E-state index contributed by atoms with van der Waals surface area (Å²) in [5, 5.41) is 3.74. The Kier molecular flexibility index (Phi) is 6.76. The Hall–Kier alpha value is -3.85. The molecule has 0 radical (unpaired) electrons. The Morgan fingerprint density at radius 1 is 1.05 bits per heavy atom. The fourth-order valence-corrected chi connectivity index (χ4v) is 5.94. The van der Waals surface area contributed by atoms with Gasteiger partial charge in [0.05, 0.1) is 48.0 Å². The molecule has 2 N–H and O–H groups in total. The largest absolute Gasteiger partial charge is 0.496 e. The lowest BCUT2D eigenvalue weighted by Gasteiger charge is -2.31. The number of hydrogen-bond acceptors (Lipinski definition) is 6. The van der Waals surface area contributed by atoms with Crippen molar-refractivity contribution in [3.8, 4) is 5.75 Å². The fourth-order valence-electron chi connectivity index (χ4n) is 5.94. The second-order valence-electron chi connectivity index (χ2n) is 10.8. The summed E-state index contributed by atoms with van der Waals surface area (Å²) >= 11 is 0. The summed E-state index contributed by atoms with van der Waals surface area (Å²) in [6, 6.07) is 10.8. The number of rotatable bonds is 6. The Labute approximate surface area is 227 Å². The van der Waals surface area contributed by atoms with Crippen molar-refractivity contribution in [2.75, 3.05) is 51.4 Å². The molecule has 1 aliphatic carbocycles. The average Bonchev–Trinajstić information content (AvgIpc) is 3.70. The van der Waals surface area contributed by atoms with Crippen LogP contribution in [-0.2, 0) is 4.74 Å². The van der Waals surface area contributed by atoms with Gasteiger partial charge in [-0.3, -0.25) is 14.4 Å². The molecule has 9 nitrogen and oxygen atoms in total. The molecule has 0 unspecified atom stereocenters. The number of pyridine rings is 1. The Morgan fingerprint density at radius 2 is 1.85 bits per heavy atom. The van der Waals surface area contributed by atoms with Gasteiger partial charge in [-0.05, 0) is 61.4 Å². The summed E-state index contributed by atoms with van der Waals surface area (Å²) in [4.78, 5) is 46.5. The highest BCUT2D eigenvalue weighted by Gasteiger charge is 2.35. The highest BCUT2D eigenvalue weighted by Crippen LogP contribution is 2.47. The first-order chi connectivity index (χ1) is 18.9. The standard InChI is InChI=1S/C30H34N4O5/c1-18-14-21(19-6-7-19)28(23(15-18)30(37)33-10-12-39-13-11-33)34-9-8-20(17-34)31-29(36)22-16-26(35)32-24-4-3-5-25(38-2)27(22)24/h3-5,14-16,19-20H,6-13,17H2,1-2H3,(H,31,36)(H,32,35)/t20-/m1/s1. The van der Waals surface area contributed by atoms with E-state index < -0.39 is 0 Å². The number of nitrogens with zero attached hydrogens (tertiary/aromatic N) is 2. The molecule has 2 aromatic carbocycles. The number of aromatic amines is 1. The minimum Gasteiger partial charge on any atom is -0.496 e. The minimum absolute atomic E-state index is 0.0495. The molecule has 3 aromatic rings. The van der Waals surface area contributed by atoms with Gasteiger partial charge < -0.3 is 29.6 Å². The quantitative estimate of drug-likeness (QED) is 0.507. The van der Waals surface area contributed by atoms with Gasteiger partial charge >= 0.3 is 0 Å². The van der Waals surface area contributed by atoms with Gasteiger partial charge in [0.15, 0.2) is 0 Å². The van der Waals surface area contributed by atoms with Crippen molar-refractivity contribution in [2.45, 2.75) is 38.1 Å². The zero-order valence-electron chi connectivity index (χ0n) is 22.4. The molecule has 39 heavy (non-hydrogen) atoms. The number of nitrogens with one attached hydrogen (secondary N) is 2. The van der Waals surface area contributed by atoms with E-state index >= 15 is 0 Å². The number of fused-ring (bicyclic) bond motifs is 1. The maximum atomic E-state index is 13.7. The zero-order valence-corrected chi connectivity index (χ0v) is 22.4. The topological polar surface area (TPSA) is 104 Å². The van der Waals surface area contributed by atoms with Crippen LogP contribution in [0.5, 0.6) is 5.75 Å². The highest BCUT2D eigenvalue weighted by molar-refractivity contribution is 6.08. The number of carbonyl (C=O) groups excluding carboxylic acids is 2. The van der Waals surface area contributed by atoms with Gasteiger partial charge in [-0.1, -0.05) is 12.1 Å². The number of aryl methyl sites for hydroxylation is 1. The number of carbonyl (C=O) groups is 2. The van der Waals surface area contributed by atoms with Crippen LogP contribution in [0.3, 0.4) is 0 Å². The first-order valence-corrected chi connectivity index (χ1v) is 13.7. The van der Waals surface area contributed by atoms with Crippen molar-refractivity contribution in [3.05, 3.63) is 69.0 Å². The van der Waals surface area contributed by atoms with Crippen molar-refractivity contribution < 1.29 is 19.1 Å². The van der Waals surface area contributed by atoms with Gasteiger partial charge in [0, 0.05) is 38.3 Å². The molecule has 204 valence electrons. The smallest absolute Gasteiger partial charge is 0.256 e. The predicted molar refractivity (Wildman–Crippen MR) is 149 cm³/mol. The summed E-state index contributed by atoms with van der Waals surface area (Å²) in [6.45, 7) is 5.68. The van der Waals surface area contributed by atoms with E-state index in [2.05, 4.69) is 28.2 Å². The summed E-state index contributed by atoms with van der Waals surface area (Å²) in [6.07, 6.45) is 3.01. The van der Waals surface area contributed by atoms with Crippen molar-refractivity contribution in [3.63, 3.8) is 0 Å². The molecular formula is C30H34N4O5. The number of amides is 2. The van der Waals surface area contributed by atoms with Crippen LogP contribution in [0.2, 0.25) is 0 Å². The molecule has 2 aliphatic heterocycles. The van der Waals surface area contributed by atoms with Crippen molar-refractivity contribution in [1.29, 1.82) is 0 Å². The Balaban J connectivity index is 1.28. The molecule has 1 aromatic heterocycles. The van der Waals surface area contributed by atoms with Crippen molar-refractivity contribution in [1.82, 2.24) is 15.2 Å². The molecule has 3 aliphatic rings. The average molecular weight is 531 g/mol. The second-order valence-corrected chi connectivity index (χ2v) is 10.8. The summed E-state index contributed by atoms with van der Waals surface area (Å²) in [5.41, 5.74) is 4.60. The van der Waals surface area contributed by atoms with Gasteiger partial charge in [-0.2, -0.15) is 0 Å². The van der Waals surface area contributed by atoms with Crippen LogP contribution in [0.15, 0.2) is 41.2 Å². The number of methoxy groups -OCH3 is 1. The molecule has 3 fully saturated rings. The van der Waals surface area contributed by atoms with E-state index in [0.29, 0.717) is 61.0 Å². The van der Waals surface area contributed by atoms with Crippen molar-refractivity contribution >= 4 is 28.4 Å². The number of ether oxygens (including phenoxy) is 2. The molecule has 0 bridgehead atoms. The molecule has 3 heterocycles. The van der Waals surface area contributed by atoms with E-state index in [0.717, 1.165) is 42.6 Å². The van der Waals surface area contributed by atoms with Crippen LogP contribution in [0.1, 0.15) is 57.0 Å². The number of hydrogen-bond donors (Lipinski definition) is 2. The van der Waals surface area contributed by atoms with Crippen LogP contribution in [0, 0.1) is 6.92 Å². The Bertz CT molecular complexity index is 1490. The van der Waals surface area contributed by atoms with Gasteiger partial charge in [-0.25, -0.2) is 0 Å². The van der Waals surface area contributed by atoms with Crippen LogP contribution >= 0.6 is 0 Å². The third-order valence-corrected chi connectivity index (χ3v) is 7.96. The van der Waals surface area contributed by atoms with Gasteiger partial charge in [0.1, 0.15) is 5.75 Å². The van der Waals surface area contributed by atoms with Crippen molar-refractivity contribution in [2.24, 2.45) is 0 Å². The number of aromatic nitrogens is 1. The van der Waals surface area contributed by atoms with E-state index in [-0.39, 0.29) is 23.4 Å². The van der Waals surface area contributed by atoms with Gasteiger partial charge in [0.2, 0.25) is 5.56 Å². The number of anilines is 1. The molecule has 2 saturated heterocycles. The lowest BCUT2D eigenvalue weighted by atomic mass is 9.97. The third kappa shape index (κ3) is 4.98. The van der Waals surface area contributed by atoms with Crippen LogP contribution in [0.25, 0.3) is 10.9 Å². The number of benzene rings is 2. The van der Waals surface area contributed by atoms with Crippen LogP contribution in [0.4, 0.5) is 5.69 Å².